The Bertz CT molecular complexity index is 1080. The standard InChI is InChI=1S/C24H28N8O/c25-21(14-4-6-15(7-5-14)24(33)32-19-3-1-2-8-28-19)20-22(26)29-13-30-23(20)31-18-9-16-11-27-12-17(16)10-18/h1-8,16-18,20,25,27H,9-13H2,(H2,26,29)(H,30,31)(H,28,32,33). The Kier molecular flexibility index (Phi) is 5.87. The van der Waals surface area contributed by atoms with Gasteiger partial charge in [-0.25, -0.2) is 15.0 Å². The molecule has 5 rings (SSSR count). The smallest absolute Gasteiger partial charge is 0.256 e. The molecular formula is C24H28N8O. The summed E-state index contributed by atoms with van der Waals surface area (Å²) in [5.41, 5.74) is 7.73. The molecule has 2 aromatic rings. The van der Waals surface area contributed by atoms with Gasteiger partial charge in [-0.2, -0.15) is 0 Å². The Labute approximate surface area is 192 Å². The van der Waals surface area contributed by atoms with Gasteiger partial charge in [0, 0.05) is 17.8 Å². The average molecular weight is 445 g/mol. The summed E-state index contributed by atoms with van der Waals surface area (Å²) in [6, 6.07) is 12.6. The largest absolute Gasteiger partial charge is 0.386 e. The fourth-order valence-corrected chi connectivity index (χ4v) is 5.02. The van der Waals surface area contributed by atoms with E-state index in [1.807, 2.05) is 6.07 Å². The van der Waals surface area contributed by atoms with Crippen molar-refractivity contribution in [1.82, 2.24) is 15.6 Å². The first-order chi connectivity index (χ1) is 16.1. The summed E-state index contributed by atoms with van der Waals surface area (Å²) >= 11 is 0. The maximum Gasteiger partial charge on any atom is 0.256 e. The first-order valence-electron chi connectivity index (χ1n) is 11.3. The number of carbonyl (C=O) groups excluding carboxylic acids is 1. The summed E-state index contributed by atoms with van der Waals surface area (Å²) in [5, 5.41) is 18.7. The quantitative estimate of drug-likeness (QED) is 0.446. The molecule has 3 heterocycles. The number of nitrogens with two attached hydrogens (primary N) is 1. The second-order valence-electron chi connectivity index (χ2n) is 8.85. The molecule has 0 radical (unpaired) electrons. The van der Waals surface area contributed by atoms with Crippen molar-refractivity contribution in [3.63, 3.8) is 0 Å². The fourth-order valence-electron chi connectivity index (χ4n) is 5.02. The highest BCUT2D eigenvalue weighted by Gasteiger charge is 2.39. The van der Waals surface area contributed by atoms with Crippen LogP contribution in [0.5, 0.6) is 0 Å². The van der Waals surface area contributed by atoms with Crippen molar-refractivity contribution < 1.29 is 4.79 Å². The van der Waals surface area contributed by atoms with Crippen LogP contribution in [0, 0.1) is 23.2 Å². The van der Waals surface area contributed by atoms with Gasteiger partial charge >= 0.3 is 0 Å². The van der Waals surface area contributed by atoms with Crippen LogP contribution < -0.4 is 21.7 Å². The summed E-state index contributed by atoms with van der Waals surface area (Å²) in [6.07, 6.45) is 3.83. The third kappa shape index (κ3) is 4.49. The van der Waals surface area contributed by atoms with Gasteiger partial charge in [-0.1, -0.05) is 18.2 Å². The van der Waals surface area contributed by atoms with Crippen LogP contribution in [0.15, 0.2) is 58.6 Å². The topological polar surface area (TPSA) is 141 Å². The number of anilines is 1. The van der Waals surface area contributed by atoms with Gasteiger partial charge in [0.05, 0.1) is 5.71 Å². The van der Waals surface area contributed by atoms with Crippen molar-refractivity contribution in [3.05, 3.63) is 59.8 Å². The first-order valence-corrected chi connectivity index (χ1v) is 11.3. The molecular weight excluding hydrogens is 416 g/mol. The van der Waals surface area contributed by atoms with Crippen LogP contribution in [-0.4, -0.2) is 54.1 Å². The normalized spacial score (nSPS) is 26.2. The summed E-state index contributed by atoms with van der Waals surface area (Å²) in [4.78, 5) is 25.5. The number of fused-ring (bicyclic) bond motifs is 1. The fraction of sp³-hybridized carbons (Fsp3) is 0.375. The zero-order chi connectivity index (χ0) is 22.8. The number of aromatic nitrogens is 1. The van der Waals surface area contributed by atoms with Crippen LogP contribution in [0.3, 0.4) is 0 Å². The number of amidine groups is 2. The Morgan fingerprint density at radius 2 is 1.76 bits per heavy atom. The van der Waals surface area contributed by atoms with Crippen LogP contribution in [0.4, 0.5) is 5.82 Å². The van der Waals surface area contributed by atoms with Crippen molar-refractivity contribution in [1.29, 1.82) is 5.41 Å². The van der Waals surface area contributed by atoms with E-state index in [4.69, 9.17) is 11.1 Å². The molecule has 1 saturated heterocycles. The zero-order valence-corrected chi connectivity index (χ0v) is 18.3. The predicted octanol–water partition coefficient (Wildman–Crippen LogP) is 1.63. The van der Waals surface area contributed by atoms with E-state index in [2.05, 4.69) is 30.9 Å². The van der Waals surface area contributed by atoms with E-state index in [1.54, 1.807) is 42.6 Å². The van der Waals surface area contributed by atoms with Gasteiger partial charge in [-0.3, -0.25) is 4.79 Å². The number of hydrogen-bond donors (Lipinski definition) is 5. The molecule has 6 N–H and O–H groups in total. The maximum absolute atomic E-state index is 12.5. The third-order valence-corrected chi connectivity index (χ3v) is 6.72. The Morgan fingerprint density at radius 1 is 1.03 bits per heavy atom. The molecule has 3 unspecified atom stereocenters. The van der Waals surface area contributed by atoms with Crippen LogP contribution >= 0.6 is 0 Å². The van der Waals surface area contributed by atoms with Crippen molar-refractivity contribution in [2.24, 2.45) is 33.5 Å². The first kappa shape index (κ1) is 21.3. The summed E-state index contributed by atoms with van der Waals surface area (Å²) in [5.74, 6) is 2.27. The molecule has 0 bridgehead atoms. The molecule has 1 amide bonds. The lowest BCUT2D eigenvalue weighted by molar-refractivity contribution is 0.102. The predicted molar refractivity (Wildman–Crippen MR) is 129 cm³/mol. The number of hydrogen-bond acceptors (Lipinski definition) is 8. The Balaban J connectivity index is 1.27. The average Bonchev–Trinajstić information content (AvgIpc) is 3.41. The molecule has 170 valence electrons. The minimum Gasteiger partial charge on any atom is -0.386 e. The molecule has 2 fully saturated rings. The summed E-state index contributed by atoms with van der Waals surface area (Å²) in [6.45, 7) is 2.45. The second-order valence-corrected chi connectivity index (χ2v) is 8.85. The van der Waals surface area contributed by atoms with Gasteiger partial charge in [0.1, 0.15) is 30.1 Å². The van der Waals surface area contributed by atoms with Crippen LogP contribution in [0.25, 0.3) is 0 Å². The second kappa shape index (κ2) is 9.11. The third-order valence-electron chi connectivity index (χ3n) is 6.72. The van der Waals surface area contributed by atoms with Crippen LogP contribution in [-0.2, 0) is 0 Å². The maximum atomic E-state index is 12.5. The van der Waals surface area contributed by atoms with Gasteiger partial charge in [-0.15, -0.1) is 0 Å². The van der Waals surface area contributed by atoms with E-state index in [0.717, 1.165) is 31.8 Å². The van der Waals surface area contributed by atoms with Crippen LogP contribution in [0.2, 0.25) is 0 Å². The van der Waals surface area contributed by atoms with Crippen molar-refractivity contribution in [3.8, 4) is 0 Å². The van der Waals surface area contributed by atoms with Crippen molar-refractivity contribution in [2.45, 2.75) is 18.9 Å². The van der Waals surface area contributed by atoms with Gasteiger partial charge < -0.3 is 27.1 Å². The number of pyridine rings is 1. The highest BCUT2D eigenvalue weighted by atomic mass is 16.1. The van der Waals surface area contributed by atoms with Gasteiger partial charge in [0.15, 0.2) is 0 Å². The van der Waals surface area contributed by atoms with E-state index in [0.29, 0.717) is 46.4 Å². The number of benzene rings is 1. The Morgan fingerprint density at radius 3 is 2.45 bits per heavy atom. The number of rotatable bonds is 5. The molecule has 1 saturated carbocycles. The molecule has 2 aliphatic heterocycles. The molecule has 9 heteroatoms. The molecule has 1 aromatic carbocycles. The van der Waals surface area contributed by atoms with Crippen LogP contribution in [0.1, 0.15) is 28.8 Å². The van der Waals surface area contributed by atoms with Gasteiger partial charge in [0.25, 0.3) is 5.91 Å². The number of aliphatic imine (C=N–C) groups is 2. The van der Waals surface area contributed by atoms with E-state index in [9.17, 15) is 4.79 Å². The highest BCUT2D eigenvalue weighted by molar-refractivity contribution is 6.27. The SMILES string of the molecule is N=C(c1ccc(C(=O)Nc2ccccn2)cc1)C1C(N)=NCN=C1NC1CC2CNCC2C1. The van der Waals surface area contributed by atoms with Gasteiger partial charge in [0.2, 0.25) is 0 Å². The highest BCUT2D eigenvalue weighted by Crippen LogP contribution is 2.34. The lowest BCUT2D eigenvalue weighted by Crippen LogP contribution is -2.48. The lowest BCUT2D eigenvalue weighted by Gasteiger charge is -2.27. The molecule has 3 atom stereocenters. The summed E-state index contributed by atoms with van der Waals surface area (Å²) < 4.78 is 0. The molecule has 1 aromatic heterocycles. The molecule has 9 nitrogen and oxygen atoms in total. The number of nitrogens with one attached hydrogen (secondary N) is 4. The monoisotopic (exact) mass is 444 g/mol. The molecule has 1 aliphatic carbocycles. The van der Waals surface area contributed by atoms with E-state index in [-0.39, 0.29) is 12.6 Å². The minimum absolute atomic E-state index is 0.254. The van der Waals surface area contributed by atoms with Gasteiger partial charge in [-0.05, 0) is 67.6 Å². The van der Waals surface area contributed by atoms with E-state index >= 15 is 0 Å². The Hall–Kier alpha value is -3.59. The minimum atomic E-state index is -0.509. The summed E-state index contributed by atoms with van der Waals surface area (Å²) in [7, 11) is 0. The number of carbonyl (C=O) groups is 1. The zero-order valence-electron chi connectivity index (χ0n) is 18.3. The van der Waals surface area contributed by atoms with Crippen molar-refractivity contribution >= 4 is 29.1 Å². The number of amides is 1. The lowest BCUT2D eigenvalue weighted by atomic mass is 9.92. The van der Waals surface area contributed by atoms with E-state index < -0.39 is 5.92 Å². The molecule has 3 aliphatic rings. The molecule has 33 heavy (non-hydrogen) atoms. The number of nitrogens with zero attached hydrogens (tertiary/aromatic N) is 3. The van der Waals surface area contributed by atoms with Crippen molar-refractivity contribution in [2.75, 3.05) is 25.1 Å². The molecule has 0 spiro atoms. The van der Waals surface area contributed by atoms with E-state index in [1.165, 1.54) is 0 Å².